The molecule has 1 aromatic heterocycles. The van der Waals surface area contributed by atoms with Gasteiger partial charge in [-0.15, -0.1) is 5.10 Å². The molecule has 0 spiro atoms. The molecule has 5 heteroatoms. The number of hydrogen-bond donors (Lipinski definition) is 1. The summed E-state index contributed by atoms with van der Waals surface area (Å²) in [6, 6.07) is 1.11. The van der Waals surface area contributed by atoms with Gasteiger partial charge < -0.3 is 10.5 Å². The van der Waals surface area contributed by atoms with Gasteiger partial charge in [0.25, 0.3) is 0 Å². The molecule has 0 bridgehead atoms. The van der Waals surface area contributed by atoms with Gasteiger partial charge in [0.1, 0.15) is 5.82 Å². The van der Waals surface area contributed by atoms with Gasteiger partial charge in [-0.05, 0) is 33.1 Å². The molecule has 0 aromatic carbocycles. The Kier molecular flexibility index (Phi) is 2.90. The normalized spacial score (nSPS) is 16.8. The summed E-state index contributed by atoms with van der Waals surface area (Å²) in [5.41, 5.74) is 5.63. The fraction of sp³-hybridized carbons (Fsp3) is 0.800. The first-order valence-electron chi connectivity index (χ1n) is 5.53. The van der Waals surface area contributed by atoms with Gasteiger partial charge in [0.2, 0.25) is 0 Å². The third-order valence-electron chi connectivity index (χ3n) is 2.70. The predicted octanol–water partition coefficient (Wildman–Crippen LogP) is 1.25. The highest BCUT2D eigenvalue weighted by Crippen LogP contribution is 2.35. The van der Waals surface area contributed by atoms with Gasteiger partial charge in [0.15, 0.2) is 0 Å². The summed E-state index contributed by atoms with van der Waals surface area (Å²) in [7, 11) is 0. The molecule has 1 aromatic rings. The van der Waals surface area contributed by atoms with Crippen LogP contribution in [0.15, 0.2) is 0 Å². The first-order valence-corrected chi connectivity index (χ1v) is 5.53. The summed E-state index contributed by atoms with van der Waals surface area (Å²) >= 11 is 0. The Hall–Kier alpha value is -1.10. The van der Waals surface area contributed by atoms with E-state index in [0.29, 0.717) is 18.6 Å². The number of hydrogen-bond acceptors (Lipinski definition) is 4. The van der Waals surface area contributed by atoms with Crippen LogP contribution in [0.2, 0.25) is 0 Å². The van der Waals surface area contributed by atoms with E-state index >= 15 is 0 Å². The zero-order valence-electron chi connectivity index (χ0n) is 9.31. The molecule has 1 heterocycles. The molecule has 1 fully saturated rings. The summed E-state index contributed by atoms with van der Waals surface area (Å²) in [4.78, 5) is 0. The SMILES string of the molecule is CC(C)Oc1nnc(CN)n1C1CCC1. The predicted molar refractivity (Wildman–Crippen MR) is 56.6 cm³/mol. The zero-order chi connectivity index (χ0) is 10.8. The second-order valence-electron chi connectivity index (χ2n) is 4.22. The lowest BCUT2D eigenvalue weighted by atomic mass is 9.93. The van der Waals surface area contributed by atoms with Gasteiger partial charge >= 0.3 is 6.01 Å². The molecule has 2 N–H and O–H groups in total. The molecule has 0 saturated heterocycles. The Morgan fingerprint density at radius 3 is 2.67 bits per heavy atom. The van der Waals surface area contributed by atoms with E-state index in [1.54, 1.807) is 0 Å². The highest BCUT2D eigenvalue weighted by molar-refractivity contribution is 5.05. The molecule has 0 amide bonds. The van der Waals surface area contributed by atoms with E-state index in [1.807, 2.05) is 13.8 Å². The number of aromatic nitrogens is 3. The molecule has 2 rings (SSSR count). The Morgan fingerprint density at radius 2 is 2.20 bits per heavy atom. The fourth-order valence-corrected chi connectivity index (χ4v) is 1.75. The summed E-state index contributed by atoms with van der Waals surface area (Å²) in [5, 5.41) is 8.09. The van der Waals surface area contributed by atoms with E-state index < -0.39 is 0 Å². The molecule has 1 aliphatic rings. The Bertz CT molecular complexity index is 330. The number of nitrogens with zero attached hydrogens (tertiary/aromatic N) is 3. The number of ether oxygens (including phenoxy) is 1. The van der Waals surface area contributed by atoms with Crippen molar-refractivity contribution in [3.05, 3.63) is 5.82 Å². The maximum absolute atomic E-state index is 5.63. The van der Waals surface area contributed by atoms with Crippen molar-refractivity contribution in [3.63, 3.8) is 0 Å². The van der Waals surface area contributed by atoms with E-state index in [9.17, 15) is 0 Å². The van der Waals surface area contributed by atoms with Crippen LogP contribution < -0.4 is 10.5 Å². The topological polar surface area (TPSA) is 66.0 Å². The smallest absolute Gasteiger partial charge is 0.317 e. The van der Waals surface area contributed by atoms with Crippen LogP contribution in [0.1, 0.15) is 45.0 Å². The van der Waals surface area contributed by atoms with E-state index in [-0.39, 0.29) is 6.10 Å². The molecule has 0 atom stereocenters. The van der Waals surface area contributed by atoms with Crippen LogP contribution in [0.25, 0.3) is 0 Å². The van der Waals surface area contributed by atoms with Crippen molar-refractivity contribution in [2.45, 2.75) is 51.8 Å². The van der Waals surface area contributed by atoms with Crippen molar-refractivity contribution in [2.75, 3.05) is 0 Å². The molecule has 1 saturated carbocycles. The molecule has 15 heavy (non-hydrogen) atoms. The molecular weight excluding hydrogens is 192 g/mol. The van der Waals surface area contributed by atoms with Crippen molar-refractivity contribution in [3.8, 4) is 6.01 Å². The average Bonchev–Trinajstić information content (AvgIpc) is 2.45. The van der Waals surface area contributed by atoms with Gasteiger partial charge in [-0.3, -0.25) is 4.57 Å². The van der Waals surface area contributed by atoms with Crippen LogP contribution in [-0.2, 0) is 6.54 Å². The molecule has 84 valence electrons. The van der Waals surface area contributed by atoms with Crippen LogP contribution >= 0.6 is 0 Å². The average molecular weight is 210 g/mol. The zero-order valence-corrected chi connectivity index (χ0v) is 9.31. The summed E-state index contributed by atoms with van der Waals surface area (Å²) < 4.78 is 7.68. The highest BCUT2D eigenvalue weighted by Gasteiger charge is 2.26. The van der Waals surface area contributed by atoms with Crippen molar-refractivity contribution in [1.82, 2.24) is 14.8 Å². The number of rotatable bonds is 4. The van der Waals surface area contributed by atoms with Crippen LogP contribution in [0.4, 0.5) is 0 Å². The van der Waals surface area contributed by atoms with E-state index in [0.717, 1.165) is 5.82 Å². The van der Waals surface area contributed by atoms with Crippen molar-refractivity contribution < 1.29 is 4.74 Å². The lowest BCUT2D eigenvalue weighted by Gasteiger charge is -2.28. The number of nitrogens with two attached hydrogens (primary N) is 1. The van der Waals surface area contributed by atoms with Crippen LogP contribution in [0, 0.1) is 0 Å². The van der Waals surface area contributed by atoms with Gasteiger partial charge in [0.05, 0.1) is 12.6 Å². The minimum absolute atomic E-state index is 0.124. The Morgan fingerprint density at radius 1 is 1.47 bits per heavy atom. The molecule has 0 aliphatic heterocycles. The molecule has 0 unspecified atom stereocenters. The monoisotopic (exact) mass is 210 g/mol. The third-order valence-corrected chi connectivity index (χ3v) is 2.70. The van der Waals surface area contributed by atoms with Gasteiger partial charge in [-0.1, -0.05) is 5.10 Å². The molecular formula is C10H18N4O. The van der Waals surface area contributed by atoms with Crippen molar-refractivity contribution in [1.29, 1.82) is 0 Å². The van der Waals surface area contributed by atoms with Crippen LogP contribution in [-0.4, -0.2) is 20.9 Å². The van der Waals surface area contributed by atoms with Crippen LogP contribution in [0.5, 0.6) is 6.01 Å². The fourth-order valence-electron chi connectivity index (χ4n) is 1.75. The third kappa shape index (κ3) is 1.97. The molecule has 0 radical (unpaired) electrons. The first kappa shape index (κ1) is 10.4. The molecule has 1 aliphatic carbocycles. The van der Waals surface area contributed by atoms with E-state index in [4.69, 9.17) is 10.5 Å². The van der Waals surface area contributed by atoms with Gasteiger partial charge in [-0.2, -0.15) is 0 Å². The van der Waals surface area contributed by atoms with E-state index in [2.05, 4.69) is 14.8 Å². The lowest BCUT2D eigenvalue weighted by Crippen LogP contribution is -2.22. The standard InChI is InChI=1S/C10H18N4O/c1-7(2)15-10-13-12-9(6-11)14(10)8-4-3-5-8/h7-8H,3-6,11H2,1-2H3. The maximum Gasteiger partial charge on any atom is 0.317 e. The second-order valence-corrected chi connectivity index (χ2v) is 4.22. The largest absolute Gasteiger partial charge is 0.461 e. The summed E-state index contributed by atoms with van der Waals surface area (Å²) in [5.74, 6) is 0.829. The maximum atomic E-state index is 5.63. The second kappa shape index (κ2) is 4.18. The molecule has 5 nitrogen and oxygen atoms in total. The lowest BCUT2D eigenvalue weighted by molar-refractivity contribution is 0.187. The highest BCUT2D eigenvalue weighted by atomic mass is 16.5. The van der Waals surface area contributed by atoms with E-state index in [1.165, 1.54) is 19.3 Å². The minimum atomic E-state index is 0.124. The minimum Gasteiger partial charge on any atom is -0.461 e. The van der Waals surface area contributed by atoms with Crippen LogP contribution in [0.3, 0.4) is 0 Å². The van der Waals surface area contributed by atoms with Gasteiger partial charge in [-0.25, -0.2) is 0 Å². The Labute approximate surface area is 89.6 Å². The van der Waals surface area contributed by atoms with Gasteiger partial charge in [0, 0.05) is 6.04 Å². The Balaban J connectivity index is 2.24. The quantitative estimate of drug-likeness (QED) is 0.812. The first-order chi connectivity index (χ1) is 7.22. The summed E-state index contributed by atoms with van der Waals surface area (Å²) in [6.07, 6.45) is 3.76. The van der Waals surface area contributed by atoms with Crippen molar-refractivity contribution >= 4 is 0 Å². The summed E-state index contributed by atoms with van der Waals surface area (Å²) in [6.45, 7) is 4.40. The van der Waals surface area contributed by atoms with Crippen molar-refractivity contribution in [2.24, 2.45) is 5.73 Å².